The van der Waals surface area contributed by atoms with Gasteiger partial charge in [-0.3, -0.25) is 0 Å². The van der Waals surface area contributed by atoms with E-state index in [1.807, 2.05) is 24.3 Å². The van der Waals surface area contributed by atoms with Crippen molar-refractivity contribution in [1.29, 1.82) is 0 Å². The summed E-state index contributed by atoms with van der Waals surface area (Å²) in [5, 5.41) is 3.43. The molecule has 0 unspecified atom stereocenters. The number of hydrogen-bond acceptors (Lipinski definition) is 6. The van der Waals surface area contributed by atoms with Crippen LogP contribution in [0.1, 0.15) is 10.4 Å². The second-order valence-electron chi connectivity index (χ2n) is 5.38. The molecule has 0 atom stereocenters. The Hall–Kier alpha value is -3.15. The van der Waals surface area contributed by atoms with Crippen molar-refractivity contribution in [2.75, 3.05) is 19.4 Å². The third-order valence-corrected chi connectivity index (χ3v) is 4.25. The van der Waals surface area contributed by atoms with Crippen LogP contribution in [0.15, 0.2) is 30.3 Å². The van der Waals surface area contributed by atoms with E-state index in [0.29, 0.717) is 22.7 Å². The van der Waals surface area contributed by atoms with Crippen LogP contribution in [0.5, 0.6) is 17.2 Å². The van der Waals surface area contributed by atoms with Crippen molar-refractivity contribution in [3.8, 4) is 17.2 Å². The van der Waals surface area contributed by atoms with Gasteiger partial charge in [-0.15, -0.1) is 0 Å². The predicted molar refractivity (Wildman–Crippen MR) is 83.2 cm³/mol. The quantitative estimate of drug-likeness (QED) is 0.696. The molecule has 6 heteroatoms. The van der Waals surface area contributed by atoms with E-state index in [1.165, 1.54) is 0 Å². The van der Waals surface area contributed by atoms with Crippen LogP contribution in [0.25, 0.3) is 21.5 Å². The Kier molecular flexibility index (Phi) is 2.26. The van der Waals surface area contributed by atoms with Crippen LogP contribution in [0.3, 0.4) is 0 Å². The van der Waals surface area contributed by atoms with Crippen LogP contribution in [0, 0.1) is 0 Å². The lowest BCUT2D eigenvalue weighted by atomic mass is 9.94. The molecule has 114 valence electrons. The average Bonchev–Trinajstić information content (AvgIpc) is 3.05. The Labute approximate surface area is 130 Å². The Morgan fingerprint density at radius 1 is 1.13 bits per heavy atom. The van der Waals surface area contributed by atoms with Crippen molar-refractivity contribution in [2.45, 2.75) is 0 Å². The van der Waals surface area contributed by atoms with E-state index in [4.69, 9.17) is 19.0 Å². The minimum atomic E-state index is -0.442. The highest BCUT2D eigenvalue weighted by Gasteiger charge is 2.30. The highest BCUT2D eigenvalue weighted by molar-refractivity contribution is 6.24. The van der Waals surface area contributed by atoms with Crippen LogP contribution >= 0.6 is 0 Å². The maximum atomic E-state index is 12.1. The number of nitrogens with one attached hydrogen (secondary N) is 1. The molecule has 2 aliphatic rings. The van der Waals surface area contributed by atoms with E-state index in [1.54, 1.807) is 13.2 Å². The van der Waals surface area contributed by atoms with Gasteiger partial charge in [-0.25, -0.2) is 10.3 Å². The van der Waals surface area contributed by atoms with Gasteiger partial charge < -0.3 is 19.0 Å². The number of carbonyl (C=O) groups excluding carboxylic acids is 1. The molecule has 0 bridgehead atoms. The Morgan fingerprint density at radius 3 is 2.91 bits per heavy atom. The Balaban J connectivity index is 2.07. The molecular weight excluding hydrogens is 298 g/mol. The molecule has 0 amide bonds. The van der Waals surface area contributed by atoms with Crippen LogP contribution in [0.2, 0.25) is 0 Å². The predicted octanol–water partition coefficient (Wildman–Crippen LogP) is 3.23. The van der Waals surface area contributed by atoms with Gasteiger partial charge in [0.2, 0.25) is 6.79 Å². The van der Waals surface area contributed by atoms with Crippen molar-refractivity contribution in [3.05, 3.63) is 35.9 Å². The molecule has 0 aromatic heterocycles. The summed E-state index contributed by atoms with van der Waals surface area (Å²) >= 11 is 0. The summed E-state index contributed by atoms with van der Waals surface area (Å²) in [7, 11) is 1.62. The molecule has 2 heterocycles. The molecule has 0 aliphatic carbocycles. The van der Waals surface area contributed by atoms with Crippen molar-refractivity contribution >= 4 is 33.2 Å². The molecule has 3 aromatic rings. The van der Waals surface area contributed by atoms with Crippen molar-refractivity contribution in [2.24, 2.45) is 0 Å². The summed E-state index contributed by atoms with van der Waals surface area (Å²) < 4.78 is 16.6. The fourth-order valence-corrected chi connectivity index (χ4v) is 3.28. The summed E-state index contributed by atoms with van der Waals surface area (Å²) in [6.45, 7) is 0.131. The van der Waals surface area contributed by atoms with Crippen LogP contribution < -0.4 is 19.7 Å². The molecule has 0 radical (unpaired) electrons. The number of fused-ring (bicyclic) bond motifs is 4. The van der Waals surface area contributed by atoms with Gasteiger partial charge in [0.1, 0.15) is 5.75 Å². The fraction of sp³-hybridized carbons (Fsp3) is 0.118. The van der Waals surface area contributed by atoms with Gasteiger partial charge in [-0.05, 0) is 23.6 Å². The third kappa shape index (κ3) is 1.49. The first-order chi connectivity index (χ1) is 11.3. The van der Waals surface area contributed by atoms with Crippen LogP contribution in [-0.4, -0.2) is 19.9 Å². The van der Waals surface area contributed by atoms with E-state index in [2.05, 4.69) is 5.48 Å². The molecule has 2 aliphatic heterocycles. The van der Waals surface area contributed by atoms with Crippen molar-refractivity contribution in [1.82, 2.24) is 0 Å². The minimum Gasteiger partial charge on any atom is -0.496 e. The van der Waals surface area contributed by atoms with Gasteiger partial charge in [-0.1, -0.05) is 12.1 Å². The molecule has 1 N–H and O–H groups in total. The number of benzene rings is 3. The topological polar surface area (TPSA) is 66.0 Å². The normalized spacial score (nSPS) is 14.7. The maximum Gasteiger partial charge on any atom is 0.363 e. The zero-order valence-corrected chi connectivity index (χ0v) is 12.1. The van der Waals surface area contributed by atoms with E-state index >= 15 is 0 Å². The standard InChI is InChI=1S/C17H11NO5/c1-20-12-4-2-3-8-9(12)5-11-14-10(17(19)23-18-11)6-13-16(15(8)14)22-7-21-13/h2-6,18H,7H2,1H3. The number of methoxy groups -OCH3 is 1. The molecule has 0 saturated carbocycles. The highest BCUT2D eigenvalue weighted by atomic mass is 16.7. The van der Waals surface area contributed by atoms with Gasteiger partial charge in [0.15, 0.2) is 11.5 Å². The second kappa shape index (κ2) is 4.19. The number of carbonyl (C=O) groups is 1. The number of anilines is 1. The van der Waals surface area contributed by atoms with Crippen molar-refractivity contribution < 1.29 is 23.8 Å². The molecule has 5 rings (SSSR count). The highest BCUT2D eigenvalue weighted by Crippen LogP contribution is 2.49. The first kappa shape index (κ1) is 12.4. The zero-order chi connectivity index (χ0) is 15.6. The van der Waals surface area contributed by atoms with Gasteiger partial charge in [0.25, 0.3) is 0 Å². The first-order valence-corrected chi connectivity index (χ1v) is 7.11. The van der Waals surface area contributed by atoms with E-state index in [0.717, 1.165) is 27.3 Å². The van der Waals surface area contributed by atoms with Gasteiger partial charge in [0.05, 0.1) is 18.4 Å². The molecular formula is C17H11NO5. The number of ether oxygens (including phenoxy) is 3. The van der Waals surface area contributed by atoms with Gasteiger partial charge in [-0.2, -0.15) is 0 Å². The molecule has 6 nitrogen and oxygen atoms in total. The van der Waals surface area contributed by atoms with Gasteiger partial charge in [0, 0.05) is 16.2 Å². The lowest BCUT2D eigenvalue weighted by Crippen LogP contribution is -2.17. The first-order valence-electron chi connectivity index (χ1n) is 7.11. The molecule has 0 spiro atoms. The lowest BCUT2D eigenvalue weighted by Gasteiger charge is -2.21. The summed E-state index contributed by atoms with van der Waals surface area (Å²) in [5.41, 5.74) is 3.87. The Bertz CT molecular complexity index is 1010. The van der Waals surface area contributed by atoms with E-state index in [-0.39, 0.29) is 6.79 Å². The van der Waals surface area contributed by atoms with Gasteiger partial charge >= 0.3 is 5.97 Å². The van der Waals surface area contributed by atoms with E-state index in [9.17, 15) is 4.79 Å². The molecule has 3 aromatic carbocycles. The number of hydrogen-bond donors (Lipinski definition) is 1. The summed E-state index contributed by atoms with van der Waals surface area (Å²) in [6.07, 6.45) is 0. The third-order valence-electron chi connectivity index (χ3n) is 4.25. The fourth-order valence-electron chi connectivity index (χ4n) is 3.28. The smallest absolute Gasteiger partial charge is 0.363 e. The minimum absolute atomic E-state index is 0.131. The van der Waals surface area contributed by atoms with Crippen molar-refractivity contribution in [3.63, 3.8) is 0 Å². The SMILES string of the molecule is COc1cccc2c1cc1c3c(cc4c(c32)OCO4)C(=O)ON1. The van der Waals surface area contributed by atoms with Crippen LogP contribution in [0.4, 0.5) is 5.69 Å². The summed E-state index contributed by atoms with van der Waals surface area (Å²) in [6, 6.07) is 9.35. The largest absolute Gasteiger partial charge is 0.496 e. The molecule has 0 fully saturated rings. The second-order valence-corrected chi connectivity index (χ2v) is 5.38. The van der Waals surface area contributed by atoms with Crippen LogP contribution in [-0.2, 0) is 4.84 Å². The summed E-state index contributed by atoms with van der Waals surface area (Å²) in [5.74, 6) is 1.48. The van der Waals surface area contributed by atoms with E-state index < -0.39 is 5.97 Å². The lowest BCUT2D eigenvalue weighted by molar-refractivity contribution is 0.0591. The average molecular weight is 309 g/mol. The number of rotatable bonds is 1. The Morgan fingerprint density at radius 2 is 2.04 bits per heavy atom. The summed E-state index contributed by atoms with van der Waals surface area (Å²) in [4.78, 5) is 17.2. The maximum absolute atomic E-state index is 12.1. The molecule has 0 saturated heterocycles. The zero-order valence-electron chi connectivity index (χ0n) is 12.1. The molecule has 23 heavy (non-hydrogen) atoms. The monoisotopic (exact) mass is 309 g/mol.